The minimum Gasteiger partial charge on any atom is -0.544 e. The number of ether oxygens (including phenoxy) is 3. The molecular formula is C17H25O6PUY-2. The maximum absolute atomic E-state index is 11.4. The average molecular weight is 683 g/mol. The maximum atomic E-state index is 11.4. The van der Waals surface area contributed by atoms with Gasteiger partial charge in [-0.05, 0) is 33.8 Å². The first-order chi connectivity index (χ1) is 11.4. The molecule has 0 aliphatic carbocycles. The normalized spacial score (nSPS) is 26.7. The van der Waals surface area contributed by atoms with Crippen LogP contribution in [0.15, 0.2) is 30.3 Å². The molecule has 143 valence electrons. The Morgan fingerprint density at radius 1 is 1.23 bits per heavy atom. The predicted octanol–water partition coefficient (Wildman–Crippen LogP) is 3.38. The quantitative estimate of drug-likeness (QED) is 0.351. The van der Waals surface area contributed by atoms with Gasteiger partial charge in [0.15, 0.2) is 5.79 Å². The van der Waals surface area contributed by atoms with Gasteiger partial charge in [-0.1, -0.05) is 0 Å². The van der Waals surface area contributed by atoms with Crippen LogP contribution < -0.4 is 0 Å². The second-order valence-electron chi connectivity index (χ2n) is 6.18. The van der Waals surface area contributed by atoms with Crippen LogP contribution in [0.5, 0.6) is 0 Å². The van der Waals surface area contributed by atoms with Crippen LogP contribution in [0.25, 0.3) is 0 Å². The van der Waals surface area contributed by atoms with Crippen molar-refractivity contribution in [2.24, 2.45) is 0 Å². The van der Waals surface area contributed by atoms with Gasteiger partial charge in [0, 0.05) is 63.8 Å². The molecule has 2 saturated heterocycles. The van der Waals surface area contributed by atoms with Crippen LogP contribution in [0.1, 0.15) is 27.7 Å². The van der Waals surface area contributed by atoms with Gasteiger partial charge in [0.25, 0.3) is 0 Å². The molecule has 0 bridgehead atoms. The fourth-order valence-corrected chi connectivity index (χ4v) is 3.07. The molecule has 0 saturated carbocycles. The zero-order valence-corrected chi connectivity index (χ0v) is 23.5. The smallest absolute Gasteiger partial charge is 0.319 e. The molecule has 0 amide bonds. The Labute approximate surface area is 205 Å². The van der Waals surface area contributed by atoms with E-state index in [2.05, 4.69) is 6.07 Å². The van der Waals surface area contributed by atoms with Crippen LogP contribution in [0.2, 0.25) is 0 Å². The van der Waals surface area contributed by atoms with Crippen molar-refractivity contribution in [3.05, 3.63) is 43.0 Å². The number of hydrogen-bond acceptors (Lipinski definition) is 6. The summed E-state index contributed by atoms with van der Waals surface area (Å²) in [5, 5.41) is 0. The fourth-order valence-electron chi connectivity index (χ4n) is 2.32. The van der Waals surface area contributed by atoms with Crippen LogP contribution in [0, 0.1) is 43.8 Å². The zero-order chi connectivity index (χ0) is 17.6. The van der Waals surface area contributed by atoms with Gasteiger partial charge in [-0.3, -0.25) is 4.57 Å². The molecule has 0 spiro atoms. The molecule has 1 radical (unpaired) electrons. The molecule has 1 aromatic carbocycles. The summed E-state index contributed by atoms with van der Waals surface area (Å²) in [6.45, 7) is 9.08. The van der Waals surface area contributed by atoms with Crippen molar-refractivity contribution in [2.45, 2.75) is 57.9 Å². The summed E-state index contributed by atoms with van der Waals surface area (Å²) in [5.74, 6) is -0.618. The molecule has 1 aromatic rings. The minimum atomic E-state index is -2.47. The fraction of sp³-hybridized carbons (Fsp3) is 0.588. The van der Waals surface area contributed by atoms with Gasteiger partial charge in [0.2, 0.25) is 0 Å². The molecule has 2 fully saturated rings. The first-order valence-corrected chi connectivity index (χ1v) is 9.19. The Morgan fingerprint density at radius 3 is 2.38 bits per heavy atom. The molecule has 2 aliphatic rings. The summed E-state index contributed by atoms with van der Waals surface area (Å²) in [4.78, 5) is 0. The van der Waals surface area contributed by atoms with E-state index in [1.807, 2.05) is 44.2 Å². The van der Waals surface area contributed by atoms with Crippen LogP contribution in [-0.2, 0) is 60.5 Å². The van der Waals surface area contributed by atoms with Crippen LogP contribution in [0.4, 0.5) is 0 Å². The first kappa shape index (κ1) is 27.4. The van der Waals surface area contributed by atoms with Gasteiger partial charge in [0.1, 0.15) is 0 Å². The minimum absolute atomic E-state index is 0. The second kappa shape index (κ2) is 13.6. The summed E-state index contributed by atoms with van der Waals surface area (Å²) in [7, 11) is -2.47. The number of hydrogen-bond donors (Lipinski definition) is 0. The van der Waals surface area contributed by atoms with Gasteiger partial charge < -0.3 is 23.3 Å². The molecule has 2 heterocycles. The van der Waals surface area contributed by atoms with Gasteiger partial charge in [0.05, 0.1) is 24.9 Å². The Balaban J connectivity index is 0.000000669. The SMILES string of the molecule is CC(C)O[PH](=O)OC[C@H]1O[CH-]C2OC(C)(C)OC21.[U].[Y].[c-]1ccccc1. The maximum Gasteiger partial charge on any atom is 0.319 e. The molecule has 2 aliphatic heterocycles. The topological polar surface area (TPSA) is 63.2 Å². The van der Waals surface area contributed by atoms with Crippen molar-refractivity contribution < 1.29 is 91.6 Å². The van der Waals surface area contributed by atoms with E-state index in [1.54, 1.807) is 20.5 Å². The second-order valence-corrected chi connectivity index (χ2v) is 7.20. The van der Waals surface area contributed by atoms with E-state index in [9.17, 15) is 4.57 Å². The Bertz CT molecular complexity index is 493. The third kappa shape index (κ3) is 9.75. The van der Waals surface area contributed by atoms with Crippen molar-refractivity contribution in [2.75, 3.05) is 6.61 Å². The van der Waals surface area contributed by atoms with E-state index < -0.39 is 14.0 Å². The van der Waals surface area contributed by atoms with Gasteiger partial charge in [-0.25, -0.2) is 0 Å². The molecular weight excluding hydrogens is 658 g/mol. The number of fused-ring (bicyclic) bond motifs is 1. The van der Waals surface area contributed by atoms with Crippen molar-refractivity contribution in [3.8, 4) is 0 Å². The van der Waals surface area contributed by atoms with Gasteiger partial charge in [-0.2, -0.15) is 43.0 Å². The zero-order valence-electron chi connectivity index (χ0n) is 15.5. The molecule has 4 atom stereocenters. The summed E-state index contributed by atoms with van der Waals surface area (Å²) < 4.78 is 38.4. The van der Waals surface area contributed by atoms with E-state index in [4.69, 9.17) is 23.3 Å². The van der Waals surface area contributed by atoms with E-state index in [0.717, 1.165) is 0 Å². The van der Waals surface area contributed by atoms with E-state index in [0.29, 0.717) is 0 Å². The van der Waals surface area contributed by atoms with Crippen molar-refractivity contribution in [1.82, 2.24) is 0 Å². The third-order valence-electron chi connectivity index (χ3n) is 3.22. The molecule has 0 aromatic heterocycles. The standard InChI is InChI=1S/C11H20O6P.C6H5.U.Y/c1-7(2)17-18(12)14-6-8-10-9(5-13-8)15-11(3,4)16-10;1-2-4-6-5-3-1;;/h5,7-10,18H,6H2,1-4H3;1-5H;;/q2*-1;;/t8-,9?,10?;;;/m1.../s1. The van der Waals surface area contributed by atoms with Crippen molar-refractivity contribution >= 4 is 8.25 Å². The molecule has 26 heavy (non-hydrogen) atoms. The van der Waals surface area contributed by atoms with E-state index in [-0.39, 0.29) is 94.8 Å². The van der Waals surface area contributed by atoms with Crippen molar-refractivity contribution in [3.63, 3.8) is 0 Å². The number of benzene rings is 1. The first-order valence-electron chi connectivity index (χ1n) is 7.96. The molecule has 3 rings (SSSR count). The molecule has 3 unspecified atom stereocenters. The molecule has 0 N–H and O–H groups in total. The molecule has 9 heteroatoms. The number of rotatable bonds is 5. The summed E-state index contributed by atoms with van der Waals surface area (Å²) >= 11 is 0. The Hall–Kier alpha value is 1.41. The van der Waals surface area contributed by atoms with Gasteiger partial charge in [-0.15, -0.1) is 0 Å². The van der Waals surface area contributed by atoms with Gasteiger partial charge >= 0.3 is 8.25 Å². The third-order valence-corrected chi connectivity index (χ3v) is 4.29. The van der Waals surface area contributed by atoms with Crippen LogP contribution in [-0.4, -0.2) is 36.8 Å². The summed E-state index contributed by atoms with van der Waals surface area (Å²) in [5.41, 5.74) is 0. The van der Waals surface area contributed by atoms with E-state index in [1.165, 1.54) is 0 Å². The van der Waals surface area contributed by atoms with E-state index >= 15 is 0 Å². The summed E-state index contributed by atoms with van der Waals surface area (Å²) in [6.07, 6.45) is -0.831. The Kier molecular flexibility index (Phi) is 14.3. The monoisotopic (exact) mass is 683 g/mol. The van der Waals surface area contributed by atoms with Crippen molar-refractivity contribution in [1.29, 1.82) is 0 Å². The predicted molar refractivity (Wildman–Crippen MR) is 89.5 cm³/mol. The largest absolute Gasteiger partial charge is 0.544 e. The summed E-state index contributed by atoms with van der Waals surface area (Å²) in [6, 6.07) is 12.5. The molecule has 6 nitrogen and oxygen atoms in total. The van der Waals surface area contributed by atoms with Crippen LogP contribution in [0.3, 0.4) is 0 Å². The average Bonchev–Trinajstić information content (AvgIpc) is 3.02. The van der Waals surface area contributed by atoms with Crippen LogP contribution >= 0.6 is 8.25 Å². The Morgan fingerprint density at radius 2 is 1.88 bits per heavy atom.